The number of piperidine rings is 1. The van der Waals surface area contributed by atoms with Gasteiger partial charge in [0, 0.05) is 30.1 Å². The summed E-state index contributed by atoms with van der Waals surface area (Å²) in [6, 6.07) is 6.13. The van der Waals surface area contributed by atoms with E-state index in [1.165, 1.54) is 12.1 Å². The topological polar surface area (TPSA) is 58.6 Å². The fraction of sp³-hybridized carbons (Fsp3) is 0.600. The van der Waals surface area contributed by atoms with Crippen LogP contribution in [0.4, 0.5) is 13.6 Å². The number of carbonyl (C=O) groups is 2. The number of halogens is 2. The molecule has 0 spiro atoms. The van der Waals surface area contributed by atoms with Gasteiger partial charge in [-0.1, -0.05) is 11.8 Å². The molecule has 2 rings (SSSR count). The fourth-order valence-corrected chi connectivity index (χ4v) is 3.57. The number of ether oxygens (including phenoxy) is 1. The summed E-state index contributed by atoms with van der Waals surface area (Å²) in [7, 11) is 0. The maximum absolute atomic E-state index is 12.3. The lowest BCUT2D eigenvalue weighted by molar-refractivity contribution is 0.0161. The molecule has 156 valence electrons. The van der Waals surface area contributed by atoms with E-state index in [1.807, 2.05) is 20.8 Å². The van der Waals surface area contributed by atoms with Crippen molar-refractivity contribution in [3.8, 4) is 0 Å². The molecular formula is C20H28F2N2O3S. The van der Waals surface area contributed by atoms with E-state index in [0.29, 0.717) is 47.8 Å². The number of hydrogen-bond donors (Lipinski definition) is 1. The fourth-order valence-electron chi connectivity index (χ4n) is 3.07. The second kappa shape index (κ2) is 10.1. The number of benzene rings is 1. The van der Waals surface area contributed by atoms with Crippen LogP contribution < -0.4 is 5.32 Å². The summed E-state index contributed by atoms with van der Waals surface area (Å²) in [6.45, 7) is 7.37. The van der Waals surface area contributed by atoms with Gasteiger partial charge in [-0.3, -0.25) is 4.79 Å². The molecule has 1 saturated heterocycles. The molecule has 5 nitrogen and oxygen atoms in total. The summed E-state index contributed by atoms with van der Waals surface area (Å²) < 4.78 is 30.1. The molecule has 1 aromatic carbocycles. The number of thioether (sulfide) groups is 1. The number of nitrogens with one attached hydrogen (secondary N) is 1. The molecule has 28 heavy (non-hydrogen) atoms. The van der Waals surface area contributed by atoms with Crippen LogP contribution in [-0.4, -0.2) is 47.9 Å². The quantitative estimate of drug-likeness (QED) is 0.682. The molecule has 1 unspecified atom stereocenters. The molecule has 1 aliphatic rings. The van der Waals surface area contributed by atoms with Gasteiger partial charge in [0.2, 0.25) is 0 Å². The first kappa shape index (κ1) is 22.5. The predicted molar refractivity (Wildman–Crippen MR) is 106 cm³/mol. The minimum atomic E-state index is -2.48. The normalized spacial score (nSPS) is 17.5. The van der Waals surface area contributed by atoms with Crippen LogP contribution in [0.2, 0.25) is 0 Å². The van der Waals surface area contributed by atoms with Crippen LogP contribution >= 0.6 is 11.8 Å². The van der Waals surface area contributed by atoms with E-state index in [2.05, 4.69) is 5.32 Å². The smallest absolute Gasteiger partial charge is 0.410 e. The molecule has 1 fully saturated rings. The van der Waals surface area contributed by atoms with E-state index >= 15 is 0 Å². The Labute approximate surface area is 169 Å². The molecule has 1 heterocycles. The molecule has 0 aromatic heterocycles. The lowest BCUT2D eigenvalue weighted by atomic mass is 9.95. The molecular weight excluding hydrogens is 386 g/mol. The van der Waals surface area contributed by atoms with Crippen molar-refractivity contribution in [3.05, 3.63) is 29.8 Å². The maximum Gasteiger partial charge on any atom is 0.410 e. The molecule has 1 aromatic rings. The highest BCUT2D eigenvalue weighted by Crippen LogP contribution is 2.25. The highest BCUT2D eigenvalue weighted by molar-refractivity contribution is 7.99. The van der Waals surface area contributed by atoms with Crippen molar-refractivity contribution in [2.75, 3.05) is 19.6 Å². The Morgan fingerprint density at radius 1 is 1.29 bits per heavy atom. The van der Waals surface area contributed by atoms with Crippen LogP contribution in [0.1, 0.15) is 50.4 Å². The highest BCUT2D eigenvalue weighted by Gasteiger charge is 2.27. The average Bonchev–Trinajstić information content (AvgIpc) is 2.60. The Bertz CT molecular complexity index is 662. The summed E-state index contributed by atoms with van der Waals surface area (Å²) in [6.07, 6.45) is 2.41. The Balaban J connectivity index is 1.76. The number of nitrogens with zero attached hydrogens (tertiary/aromatic N) is 1. The Morgan fingerprint density at radius 3 is 2.57 bits per heavy atom. The van der Waals surface area contributed by atoms with Gasteiger partial charge in [0.15, 0.2) is 0 Å². The lowest BCUT2D eigenvalue weighted by Gasteiger charge is -2.34. The first-order valence-electron chi connectivity index (χ1n) is 9.45. The number of hydrogen-bond acceptors (Lipinski definition) is 4. The van der Waals surface area contributed by atoms with Crippen molar-refractivity contribution in [2.45, 2.75) is 56.3 Å². The minimum absolute atomic E-state index is 0.228. The SMILES string of the molecule is CC(C)(C)OC(=O)N1CCCC(CCNC(=O)c2ccc(SC(F)F)cc2)C1. The van der Waals surface area contributed by atoms with Crippen molar-refractivity contribution in [1.29, 1.82) is 0 Å². The summed E-state index contributed by atoms with van der Waals surface area (Å²) in [5, 5.41) is 2.86. The van der Waals surface area contributed by atoms with Crippen LogP contribution in [0.5, 0.6) is 0 Å². The Hall–Kier alpha value is -1.83. The van der Waals surface area contributed by atoms with Crippen molar-refractivity contribution in [1.82, 2.24) is 10.2 Å². The van der Waals surface area contributed by atoms with Gasteiger partial charge >= 0.3 is 6.09 Å². The molecule has 1 aliphatic heterocycles. The van der Waals surface area contributed by atoms with Gasteiger partial charge in [0.25, 0.3) is 11.7 Å². The number of likely N-dealkylation sites (tertiary alicyclic amines) is 1. The number of amides is 2. The second-order valence-electron chi connectivity index (χ2n) is 7.88. The highest BCUT2D eigenvalue weighted by atomic mass is 32.2. The average molecular weight is 415 g/mol. The Morgan fingerprint density at radius 2 is 1.96 bits per heavy atom. The first-order chi connectivity index (χ1) is 13.1. The van der Waals surface area contributed by atoms with Gasteiger partial charge < -0.3 is 15.0 Å². The first-order valence-corrected chi connectivity index (χ1v) is 10.3. The molecule has 0 radical (unpaired) electrons. The van der Waals surface area contributed by atoms with Gasteiger partial charge in [0.05, 0.1) is 0 Å². The standard InChI is InChI=1S/C20H28F2N2O3S/c1-20(2,3)27-19(26)24-12-4-5-14(13-24)10-11-23-17(25)15-6-8-16(9-7-15)28-18(21)22/h6-9,14,18H,4-5,10-13H2,1-3H3,(H,23,25). The van der Waals surface area contributed by atoms with Crippen molar-refractivity contribution >= 4 is 23.8 Å². The maximum atomic E-state index is 12.3. The Kier molecular flexibility index (Phi) is 8.10. The van der Waals surface area contributed by atoms with Crippen molar-refractivity contribution < 1.29 is 23.1 Å². The molecule has 0 saturated carbocycles. The molecule has 0 bridgehead atoms. The van der Waals surface area contributed by atoms with Gasteiger partial charge in [-0.05, 0) is 70.2 Å². The van der Waals surface area contributed by atoms with E-state index in [-0.39, 0.29) is 12.0 Å². The molecule has 0 aliphatic carbocycles. The monoisotopic (exact) mass is 414 g/mol. The summed E-state index contributed by atoms with van der Waals surface area (Å²) >= 11 is 0.454. The molecule has 1 N–H and O–H groups in total. The van der Waals surface area contributed by atoms with E-state index < -0.39 is 11.4 Å². The van der Waals surface area contributed by atoms with Gasteiger partial charge in [-0.2, -0.15) is 8.78 Å². The number of alkyl halides is 2. The molecule has 8 heteroatoms. The third kappa shape index (κ3) is 7.66. The minimum Gasteiger partial charge on any atom is -0.444 e. The van der Waals surface area contributed by atoms with E-state index in [1.54, 1.807) is 17.0 Å². The number of rotatable bonds is 6. The zero-order valence-electron chi connectivity index (χ0n) is 16.5. The summed E-state index contributed by atoms with van der Waals surface area (Å²) in [4.78, 5) is 26.6. The summed E-state index contributed by atoms with van der Waals surface area (Å²) in [5.41, 5.74) is -0.0703. The zero-order valence-corrected chi connectivity index (χ0v) is 17.4. The van der Waals surface area contributed by atoms with Crippen molar-refractivity contribution in [3.63, 3.8) is 0 Å². The largest absolute Gasteiger partial charge is 0.444 e. The van der Waals surface area contributed by atoms with E-state index in [0.717, 1.165) is 19.3 Å². The molecule has 1 atom stereocenters. The third-order valence-electron chi connectivity index (χ3n) is 4.35. The van der Waals surface area contributed by atoms with Crippen molar-refractivity contribution in [2.24, 2.45) is 5.92 Å². The van der Waals surface area contributed by atoms with Crippen LogP contribution in [0.25, 0.3) is 0 Å². The lowest BCUT2D eigenvalue weighted by Crippen LogP contribution is -2.43. The van der Waals surface area contributed by atoms with Crippen LogP contribution in [-0.2, 0) is 4.74 Å². The zero-order chi connectivity index (χ0) is 20.7. The van der Waals surface area contributed by atoms with Gasteiger partial charge in [-0.15, -0.1) is 0 Å². The number of carbonyl (C=O) groups excluding carboxylic acids is 2. The molecule has 2 amide bonds. The van der Waals surface area contributed by atoms with Crippen LogP contribution in [0, 0.1) is 5.92 Å². The predicted octanol–water partition coefficient (Wildman–Crippen LogP) is 4.77. The third-order valence-corrected chi connectivity index (χ3v) is 5.07. The van der Waals surface area contributed by atoms with Crippen LogP contribution in [0.15, 0.2) is 29.2 Å². The van der Waals surface area contributed by atoms with E-state index in [9.17, 15) is 18.4 Å². The summed E-state index contributed by atoms with van der Waals surface area (Å²) in [5.74, 6) is -2.39. The van der Waals surface area contributed by atoms with Gasteiger partial charge in [0.1, 0.15) is 5.60 Å². The van der Waals surface area contributed by atoms with Gasteiger partial charge in [-0.25, -0.2) is 4.79 Å². The van der Waals surface area contributed by atoms with Crippen LogP contribution in [0.3, 0.4) is 0 Å². The van der Waals surface area contributed by atoms with E-state index in [4.69, 9.17) is 4.74 Å². The second-order valence-corrected chi connectivity index (χ2v) is 8.95.